The van der Waals surface area contributed by atoms with E-state index in [0.29, 0.717) is 12.0 Å². The summed E-state index contributed by atoms with van der Waals surface area (Å²) in [6.07, 6.45) is 2.42. The molecule has 1 aliphatic heterocycles. The summed E-state index contributed by atoms with van der Waals surface area (Å²) in [6.45, 7) is 5.60. The SMILES string of the molecule is CCN1CCCC(Nc2nc(N)nc3sccc23)C1. The molecule has 6 heteroatoms. The fraction of sp³-hybridized carbons (Fsp3) is 0.538. The number of hydrogen-bond acceptors (Lipinski definition) is 6. The number of nitrogens with zero attached hydrogens (tertiary/aromatic N) is 3. The van der Waals surface area contributed by atoms with Gasteiger partial charge >= 0.3 is 0 Å². The van der Waals surface area contributed by atoms with Gasteiger partial charge in [0.05, 0.1) is 5.39 Å². The van der Waals surface area contributed by atoms with Gasteiger partial charge in [0.15, 0.2) is 0 Å². The van der Waals surface area contributed by atoms with Crippen molar-refractivity contribution in [3.63, 3.8) is 0 Å². The van der Waals surface area contributed by atoms with Crippen molar-refractivity contribution in [1.29, 1.82) is 0 Å². The number of nitrogen functional groups attached to an aromatic ring is 1. The van der Waals surface area contributed by atoms with Crippen molar-refractivity contribution in [2.45, 2.75) is 25.8 Å². The fourth-order valence-corrected chi connectivity index (χ4v) is 3.41. The van der Waals surface area contributed by atoms with E-state index in [1.165, 1.54) is 19.4 Å². The van der Waals surface area contributed by atoms with E-state index < -0.39 is 0 Å². The van der Waals surface area contributed by atoms with Crippen LogP contribution in [0.2, 0.25) is 0 Å². The van der Waals surface area contributed by atoms with E-state index in [-0.39, 0.29) is 0 Å². The average molecular weight is 277 g/mol. The topological polar surface area (TPSA) is 67.1 Å². The van der Waals surface area contributed by atoms with Crippen LogP contribution >= 0.6 is 11.3 Å². The van der Waals surface area contributed by atoms with Gasteiger partial charge in [0.1, 0.15) is 10.6 Å². The first kappa shape index (κ1) is 12.6. The molecule has 1 unspecified atom stereocenters. The first-order valence-electron chi connectivity index (χ1n) is 6.76. The number of aromatic nitrogens is 2. The van der Waals surface area contributed by atoms with Crippen LogP contribution in [-0.4, -0.2) is 40.5 Å². The maximum absolute atomic E-state index is 5.78. The molecule has 0 aromatic carbocycles. The molecule has 3 heterocycles. The summed E-state index contributed by atoms with van der Waals surface area (Å²) in [4.78, 5) is 12.0. The second-order valence-electron chi connectivity index (χ2n) is 4.95. The predicted molar refractivity (Wildman–Crippen MR) is 80.6 cm³/mol. The van der Waals surface area contributed by atoms with Crippen LogP contribution in [0.1, 0.15) is 19.8 Å². The second kappa shape index (κ2) is 5.30. The highest BCUT2D eigenvalue weighted by Crippen LogP contribution is 2.27. The van der Waals surface area contributed by atoms with Crippen LogP contribution in [0.3, 0.4) is 0 Å². The maximum atomic E-state index is 5.78. The van der Waals surface area contributed by atoms with Crippen LogP contribution in [-0.2, 0) is 0 Å². The minimum atomic E-state index is 0.348. The number of rotatable bonds is 3. The van der Waals surface area contributed by atoms with Gasteiger partial charge in [-0.2, -0.15) is 4.98 Å². The van der Waals surface area contributed by atoms with Gasteiger partial charge in [0.25, 0.3) is 0 Å². The smallest absolute Gasteiger partial charge is 0.223 e. The average Bonchev–Trinajstić information content (AvgIpc) is 2.87. The monoisotopic (exact) mass is 277 g/mol. The largest absolute Gasteiger partial charge is 0.368 e. The molecule has 19 heavy (non-hydrogen) atoms. The Morgan fingerprint density at radius 1 is 1.53 bits per heavy atom. The molecule has 1 fully saturated rings. The highest BCUT2D eigenvalue weighted by molar-refractivity contribution is 7.16. The molecule has 2 aromatic heterocycles. The van der Waals surface area contributed by atoms with E-state index in [0.717, 1.165) is 29.1 Å². The molecule has 3 N–H and O–H groups in total. The number of likely N-dealkylation sites (tertiary alicyclic amines) is 1. The van der Waals surface area contributed by atoms with Gasteiger partial charge in [-0.15, -0.1) is 11.3 Å². The van der Waals surface area contributed by atoms with E-state index in [2.05, 4.69) is 33.2 Å². The molecule has 0 spiro atoms. The zero-order valence-electron chi connectivity index (χ0n) is 11.1. The van der Waals surface area contributed by atoms with Crippen molar-refractivity contribution in [3.8, 4) is 0 Å². The Labute approximate surface area is 116 Å². The van der Waals surface area contributed by atoms with E-state index in [1.807, 2.05) is 5.38 Å². The Morgan fingerprint density at radius 2 is 2.42 bits per heavy atom. The zero-order chi connectivity index (χ0) is 13.2. The van der Waals surface area contributed by atoms with Gasteiger partial charge in [-0.25, -0.2) is 4.98 Å². The molecule has 0 saturated carbocycles. The normalized spacial score (nSPS) is 20.8. The molecule has 1 aliphatic rings. The van der Waals surface area contributed by atoms with E-state index in [9.17, 15) is 0 Å². The molecule has 5 nitrogen and oxygen atoms in total. The quantitative estimate of drug-likeness (QED) is 0.900. The van der Waals surface area contributed by atoms with Gasteiger partial charge < -0.3 is 16.0 Å². The summed E-state index contributed by atoms with van der Waals surface area (Å²) in [6, 6.07) is 2.51. The lowest BCUT2D eigenvalue weighted by Gasteiger charge is -2.32. The van der Waals surface area contributed by atoms with E-state index in [4.69, 9.17) is 5.73 Å². The molecular formula is C13H19N5S. The minimum absolute atomic E-state index is 0.348. The Balaban J connectivity index is 1.82. The second-order valence-corrected chi connectivity index (χ2v) is 5.84. The standard InChI is InChI=1S/C13H19N5S/c1-2-18-6-3-4-9(8-18)15-11-10-5-7-19-12(10)17-13(14)16-11/h5,7,9H,2-4,6,8H2,1H3,(H3,14,15,16,17). The molecule has 0 radical (unpaired) electrons. The van der Waals surface area contributed by atoms with Gasteiger partial charge in [0, 0.05) is 12.6 Å². The molecule has 102 valence electrons. The minimum Gasteiger partial charge on any atom is -0.368 e. The molecule has 0 bridgehead atoms. The Kier molecular flexibility index (Phi) is 3.52. The summed E-state index contributed by atoms with van der Waals surface area (Å²) in [5.41, 5.74) is 5.78. The lowest BCUT2D eigenvalue weighted by Crippen LogP contribution is -2.42. The number of nitrogens with one attached hydrogen (secondary N) is 1. The number of thiophene rings is 1. The summed E-state index contributed by atoms with van der Waals surface area (Å²) < 4.78 is 0. The van der Waals surface area contributed by atoms with Crippen LogP contribution in [0.25, 0.3) is 10.2 Å². The third-order valence-corrected chi connectivity index (χ3v) is 4.44. The number of likely N-dealkylation sites (N-methyl/N-ethyl adjacent to an activating group) is 1. The van der Waals surface area contributed by atoms with Crippen LogP contribution in [0.4, 0.5) is 11.8 Å². The number of hydrogen-bond donors (Lipinski definition) is 2. The summed E-state index contributed by atoms with van der Waals surface area (Å²) in [7, 11) is 0. The van der Waals surface area contributed by atoms with Crippen molar-refractivity contribution in [1.82, 2.24) is 14.9 Å². The van der Waals surface area contributed by atoms with Crippen LogP contribution < -0.4 is 11.1 Å². The Morgan fingerprint density at radius 3 is 3.26 bits per heavy atom. The summed E-state index contributed by atoms with van der Waals surface area (Å²) in [5, 5.41) is 6.66. The first-order valence-corrected chi connectivity index (χ1v) is 7.64. The molecule has 0 aliphatic carbocycles. The van der Waals surface area contributed by atoms with Crippen molar-refractivity contribution in [3.05, 3.63) is 11.4 Å². The van der Waals surface area contributed by atoms with Crippen molar-refractivity contribution in [2.75, 3.05) is 30.7 Å². The van der Waals surface area contributed by atoms with Gasteiger partial charge in [-0.05, 0) is 37.4 Å². The lowest BCUT2D eigenvalue weighted by molar-refractivity contribution is 0.226. The number of anilines is 2. The molecule has 1 saturated heterocycles. The van der Waals surface area contributed by atoms with Crippen LogP contribution in [0.5, 0.6) is 0 Å². The van der Waals surface area contributed by atoms with E-state index >= 15 is 0 Å². The molecule has 0 amide bonds. The van der Waals surface area contributed by atoms with Crippen molar-refractivity contribution < 1.29 is 0 Å². The molecular weight excluding hydrogens is 258 g/mol. The highest BCUT2D eigenvalue weighted by atomic mass is 32.1. The van der Waals surface area contributed by atoms with Crippen LogP contribution in [0.15, 0.2) is 11.4 Å². The molecule has 1 atom stereocenters. The van der Waals surface area contributed by atoms with Crippen LogP contribution in [0, 0.1) is 0 Å². The summed E-state index contributed by atoms with van der Waals surface area (Å²) in [5.74, 6) is 1.23. The van der Waals surface area contributed by atoms with Gasteiger partial charge in [-0.1, -0.05) is 6.92 Å². The number of fused-ring (bicyclic) bond motifs is 1. The first-order chi connectivity index (χ1) is 9.26. The van der Waals surface area contributed by atoms with Crippen molar-refractivity contribution in [2.24, 2.45) is 0 Å². The summed E-state index contributed by atoms with van der Waals surface area (Å²) >= 11 is 1.60. The van der Waals surface area contributed by atoms with E-state index in [1.54, 1.807) is 11.3 Å². The Hall–Kier alpha value is -1.40. The number of piperidine rings is 1. The molecule has 2 aromatic rings. The third-order valence-electron chi connectivity index (χ3n) is 3.64. The highest BCUT2D eigenvalue weighted by Gasteiger charge is 2.20. The molecule has 3 rings (SSSR count). The lowest BCUT2D eigenvalue weighted by atomic mass is 10.1. The van der Waals surface area contributed by atoms with Gasteiger partial charge in [0.2, 0.25) is 5.95 Å². The number of nitrogens with two attached hydrogens (primary N) is 1. The van der Waals surface area contributed by atoms with Crippen molar-refractivity contribution >= 4 is 33.3 Å². The maximum Gasteiger partial charge on any atom is 0.223 e. The third kappa shape index (κ3) is 2.64. The predicted octanol–water partition coefficient (Wildman–Crippen LogP) is 2.17. The Bertz CT molecular complexity index is 567. The van der Waals surface area contributed by atoms with Gasteiger partial charge in [-0.3, -0.25) is 0 Å². The zero-order valence-corrected chi connectivity index (χ0v) is 11.9. The fourth-order valence-electron chi connectivity index (χ4n) is 2.64.